The number of rotatable bonds is 6. The summed E-state index contributed by atoms with van der Waals surface area (Å²) in [5.74, 6) is -0.207. The van der Waals surface area contributed by atoms with E-state index in [2.05, 4.69) is 15.5 Å². The average Bonchev–Trinajstić information content (AvgIpc) is 3.18. The lowest BCUT2D eigenvalue weighted by Gasteiger charge is -2.16. The smallest absolute Gasteiger partial charge is 0.250 e. The van der Waals surface area contributed by atoms with Crippen LogP contribution in [0.4, 0.5) is 10.2 Å². The predicted molar refractivity (Wildman–Crippen MR) is 107 cm³/mol. The van der Waals surface area contributed by atoms with Crippen molar-refractivity contribution in [1.82, 2.24) is 19.6 Å². The second kappa shape index (κ2) is 8.32. The maximum atomic E-state index is 13.2. The summed E-state index contributed by atoms with van der Waals surface area (Å²) in [5.41, 5.74) is 2.16. The van der Waals surface area contributed by atoms with E-state index in [4.69, 9.17) is 23.2 Å². The summed E-state index contributed by atoms with van der Waals surface area (Å²) in [6, 6.07) is 5.41. The van der Waals surface area contributed by atoms with Gasteiger partial charge in [0.1, 0.15) is 11.9 Å². The second-order valence-corrected chi connectivity index (χ2v) is 7.26. The first-order chi connectivity index (χ1) is 13.3. The first-order valence-corrected chi connectivity index (χ1v) is 9.55. The second-order valence-electron chi connectivity index (χ2n) is 6.48. The van der Waals surface area contributed by atoms with Crippen LogP contribution in [0.15, 0.2) is 30.5 Å². The minimum Gasteiger partial charge on any atom is -0.307 e. The van der Waals surface area contributed by atoms with Gasteiger partial charge >= 0.3 is 0 Å². The van der Waals surface area contributed by atoms with Crippen molar-refractivity contribution in [2.45, 2.75) is 39.8 Å². The van der Waals surface area contributed by atoms with Gasteiger partial charge in [0.15, 0.2) is 5.82 Å². The van der Waals surface area contributed by atoms with Gasteiger partial charge in [-0.25, -0.2) is 4.39 Å². The van der Waals surface area contributed by atoms with Crippen molar-refractivity contribution in [3.8, 4) is 0 Å². The highest BCUT2D eigenvalue weighted by atomic mass is 35.5. The fourth-order valence-corrected chi connectivity index (χ4v) is 3.32. The van der Waals surface area contributed by atoms with Crippen molar-refractivity contribution in [3.63, 3.8) is 0 Å². The Bertz CT molecular complexity index is 1010. The topological polar surface area (TPSA) is 64.7 Å². The number of aryl methyl sites for hydroxylation is 1. The zero-order valence-electron chi connectivity index (χ0n) is 15.7. The lowest BCUT2D eigenvalue weighted by molar-refractivity contribution is -0.119. The number of carbonyl (C=O) groups excluding carboxylic acids is 1. The van der Waals surface area contributed by atoms with Gasteiger partial charge in [-0.3, -0.25) is 14.2 Å². The SMILES string of the molecule is CCC(C(=O)Nc1ccn(Cc2ccc(F)cc2Cl)n1)n1nc(C)c(Cl)c1C. The van der Waals surface area contributed by atoms with Gasteiger partial charge in [0.25, 0.3) is 0 Å². The van der Waals surface area contributed by atoms with Crippen LogP contribution in [0.25, 0.3) is 0 Å². The monoisotopic (exact) mass is 423 g/mol. The summed E-state index contributed by atoms with van der Waals surface area (Å²) < 4.78 is 16.4. The van der Waals surface area contributed by atoms with E-state index in [1.165, 1.54) is 12.1 Å². The van der Waals surface area contributed by atoms with E-state index in [0.717, 1.165) is 11.3 Å². The molecule has 1 atom stereocenters. The Balaban J connectivity index is 1.73. The molecule has 1 amide bonds. The van der Waals surface area contributed by atoms with Gasteiger partial charge in [0, 0.05) is 17.3 Å². The first kappa shape index (κ1) is 20.4. The molecule has 148 valence electrons. The molecule has 2 heterocycles. The van der Waals surface area contributed by atoms with E-state index in [-0.39, 0.29) is 5.91 Å². The number of anilines is 1. The Morgan fingerprint density at radius 2 is 2.00 bits per heavy atom. The van der Waals surface area contributed by atoms with Gasteiger partial charge in [-0.15, -0.1) is 0 Å². The van der Waals surface area contributed by atoms with Gasteiger partial charge in [0.2, 0.25) is 5.91 Å². The normalized spacial score (nSPS) is 12.2. The van der Waals surface area contributed by atoms with Gasteiger partial charge in [-0.2, -0.15) is 10.2 Å². The highest BCUT2D eigenvalue weighted by molar-refractivity contribution is 6.32. The fraction of sp³-hybridized carbons (Fsp3) is 0.316. The van der Waals surface area contributed by atoms with E-state index in [1.807, 2.05) is 13.8 Å². The molecule has 2 aromatic heterocycles. The molecule has 3 aromatic rings. The summed E-state index contributed by atoms with van der Waals surface area (Å²) in [6.45, 7) is 5.90. The lowest BCUT2D eigenvalue weighted by atomic mass is 10.2. The van der Waals surface area contributed by atoms with Gasteiger partial charge in [0.05, 0.1) is 23.0 Å². The molecule has 0 saturated carbocycles. The molecule has 0 aliphatic heterocycles. The van der Waals surface area contributed by atoms with E-state index in [9.17, 15) is 9.18 Å². The van der Waals surface area contributed by atoms with Gasteiger partial charge in [-0.05, 0) is 38.0 Å². The largest absolute Gasteiger partial charge is 0.307 e. The Kier molecular flexibility index (Phi) is 6.05. The number of benzene rings is 1. The molecule has 0 aliphatic rings. The maximum absolute atomic E-state index is 13.2. The number of nitrogens with zero attached hydrogens (tertiary/aromatic N) is 4. The van der Waals surface area contributed by atoms with Crippen molar-refractivity contribution in [1.29, 1.82) is 0 Å². The molecule has 1 aromatic carbocycles. The van der Waals surface area contributed by atoms with Crippen LogP contribution in [0.2, 0.25) is 10.0 Å². The molecule has 9 heteroatoms. The van der Waals surface area contributed by atoms with Crippen LogP contribution >= 0.6 is 23.2 Å². The third-order valence-electron chi connectivity index (χ3n) is 4.46. The van der Waals surface area contributed by atoms with Crippen molar-refractivity contribution >= 4 is 34.9 Å². The molecule has 0 aliphatic carbocycles. The summed E-state index contributed by atoms with van der Waals surface area (Å²) in [4.78, 5) is 12.7. The molecule has 0 radical (unpaired) electrons. The first-order valence-electron chi connectivity index (χ1n) is 8.79. The minimum absolute atomic E-state index is 0.227. The Morgan fingerprint density at radius 3 is 2.61 bits per heavy atom. The number of hydrogen-bond donors (Lipinski definition) is 1. The molecular weight excluding hydrogens is 404 g/mol. The number of nitrogens with one attached hydrogen (secondary N) is 1. The van der Waals surface area contributed by atoms with Crippen LogP contribution in [0.3, 0.4) is 0 Å². The van der Waals surface area contributed by atoms with Gasteiger partial charge in [-0.1, -0.05) is 36.2 Å². The van der Waals surface area contributed by atoms with Crippen molar-refractivity contribution in [2.75, 3.05) is 5.32 Å². The third-order valence-corrected chi connectivity index (χ3v) is 5.36. The molecule has 0 saturated heterocycles. The molecule has 3 rings (SSSR count). The van der Waals surface area contributed by atoms with Crippen LogP contribution in [-0.2, 0) is 11.3 Å². The third kappa shape index (κ3) is 4.20. The molecule has 0 bridgehead atoms. The van der Waals surface area contributed by atoms with E-state index in [1.54, 1.807) is 34.6 Å². The van der Waals surface area contributed by atoms with Crippen LogP contribution in [-0.4, -0.2) is 25.5 Å². The highest BCUT2D eigenvalue weighted by Gasteiger charge is 2.24. The number of aromatic nitrogens is 4. The number of amides is 1. The molecule has 1 unspecified atom stereocenters. The van der Waals surface area contributed by atoms with E-state index in [0.29, 0.717) is 34.5 Å². The zero-order valence-corrected chi connectivity index (χ0v) is 17.2. The Morgan fingerprint density at radius 1 is 1.25 bits per heavy atom. The summed E-state index contributed by atoms with van der Waals surface area (Å²) in [6.07, 6.45) is 2.27. The summed E-state index contributed by atoms with van der Waals surface area (Å²) >= 11 is 12.3. The standard InChI is InChI=1S/C19H20Cl2FN5O/c1-4-16(27-12(3)18(21)11(2)24-27)19(28)23-17-7-8-26(25-17)10-13-5-6-14(22)9-15(13)20/h5-9,16H,4,10H2,1-3H3,(H,23,25,28). The minimum atomic E-state index is -0.497. The fourth-order valence-electron chi connectivity index (χ4n) is 2.97. The molecule has 28 heavy (non-hydrogen) atoms. The summed E-state index contributed by atoms with van der Waals surface area (Å²) in [5, 5.41) is 12.4. The highest BCUT2D eigenvalue weighted by Crippen LogP contribution is 2.24. The molecule has 6 nitrogen and oxygen atoms in total. The van der Waals surface area contributed by atoms with E-state index >= 15 is 0 Å². The molecular formula is C19H20Cl2FN5O. The van der Waals surface area contributed by atoms with Crippen LogP contribution < -0.4 is 5.32 Å². The Labute approximate surface area is 172 Å². The number of hydrogen-bond acceptors (Lipinski definition) is 3. The zero-order chi connectivity index (χ0) is 20.4. The van der Waals surface area contributed by atoms with Crippen molar-refractivity contribution in [2.24, 2.45) is 0 Å². The Hall–Kier alpha value is -2.38. The van der Waals surface area contributed by atoms with Crippen LogP contribution in [0, 0.1) is 19.7 Å². The predicted octanol–water partition coefficient (Wildman–Crippen LogP) is 4.78. The van der Waals surface area contributed by atoms with E-state index < -0.39 is 11.9 Å². The molecule has 0 fully saturated rings. The number of carbonyl (C=O) groups is 1. The quantitative estimate of drug-likeness (QED) is 0.620. The lowest BCUT2D eigenvalue weighted by Crippen LogP contribution is -2.27. The molecule has 0 spiro atoms. The van der Waals surface area contributed by atoms with Crippen molar-refractivity contribution in [3.05, 3.63) is 63.3 Å². The average molecular weight is 424 g/mol. The maximum Gasteiger partial charge on any atom is 0.250 e. The molecule has 1 N–H and O–H groups in total. The van der Waals surface area contributed by atoms with Crippen LogP contribution in [0.1, 0.15) is 36.3 Å². The van der Waals surface area contributed by atoms with Gasteiger partial charge < -0.3 is 5.32 Å². The van der Waals surface area contributed by atoms with Crippen LogP contribution in [0.5, 0.6) is 0 Å². The van der Waals surface area contributed by atoms with Crippen molar-refractivity contribution < 1.29 is 9.18 Å². The number of halogens is 3. The summed E-state index contributed by atoms with van der Waals surface area (Å²) in [7, 11) is 0.